The van der Waals surface area contributed by atoms with E-state index in [0.29, 0.717) is 17.0 Å². The zero-order valence-electron chi connectivity index (χ0n) is 11.5. The van der Waals surface area contributed by atoms with E-state index in [1.54, 1.807) is 24.3 Å². The summed E-state index contributed by atoms with van der Waals surface area (Å²) in [6.07, 6.45) is 0. The normalized spacial score (nSPS) is 10.7. The van der Waals surface area contributed by atoms with Gasteiger partial charge in [-0.25, -0.2) is 13.2 Å². The highest BCUT2D eigenvalue weighted by atomic mass is 19.2. The van der Waals surface area contributed by atoms with Crippen molar-refractivity contribution in [2.75, 3.05) is 5.32 Å². The Hall–Kier alpha value is -3.09. The number of carbonyl (C=O) groups is 1. The second kappa shape index (κ2) is 5.60. The molecule has 1 heterocycles. The minimum absolute atomic E-state index is 0.00603. The zero-order valence-corrected chi connectivity index (χ0v) is 11.5. The quantitative estimate of drug-likeness (QED) is 0.713. The molecule has 0 aliphatic carbocycles. The number of fused-ring (bicyclic) bond motifs is 1. The summed E-state index contributed by atoms with van der Waals surface area (Å²) in [6.45, 7) is 0. The molecular weight excluding hydrogens is 309 g/mol. The standard InChI is InChI=1S/C16H9F3N2O2/c17-10-5-6-12(15(19)14(10)18)21-16(23)9-7-13(22)20-11-4-2-1-3-8(9)11/h1-7H,(H,20,22)(H,21,23). The third kappa shape index (κ3) is 2.68. The van der Waals surface area contributed by atoms with Crippen molar-refractivity contribution in [2.45, 2.75) is 0 Å². The van der Waals surface area contributed by atoms with Crippen LogP contribution in [0.1, 0.15) is 10.4 Å². The van der Waals surface area contributed by atoms with Crippen LogP contribution in [-0.2, 0) is 0 Å². The molecule has 0 spiro atoms. The summed E-state index contributed by atoms with van der Waals surface area (Å²) in [7, 11) is 0. The molecule has 0 bridgehead atoms. The second-order valence-electron chi connectivity index (χ2n) is 4.77. The van der Waals surface area contributed by atoms with E-state index in [4.69, 9.17) is 0 Å². The van der Waals surface area contributed by atoms with Crippen LogP contribution in [0.15, 0.2) is 47.3 Å². The molecule has 0 unspecified atom stereocenters. The van der Waals surface area contributed by atoms with E-state index in [2.05, 4.69) is 10.3 Å². The predicted octanol–water partition coefficient (Wildman–Crippen LogP) is 3.20. The SMILES string of the molecule is O=C(Nc1ccc(F)c(F)c1F)c1cc(=O)[nH]c2ccccc12. The van der Waals surface area contributed by atoms with Crippen LogP contribution in [0, 0.1) is 17.5 Å². The average molecular weight is 318 g/mol. The Bertz CT molecular complexity index is 983. The Morgan fingerprint density at radius 2 is 1.74 bits per heavy atom. The lowest BCUT2D eigenvalue weighted by molar-refractivity contribution is 0.102. The smallest absolute Gasteiger partial charge is 0.256 e. The molecule has 1 amide bonds. The van der Waals surface area contributed by atoms with Gasteiger partial charge in [0, 0.05) is 17.0 Å². The number of amides is 1. The first-order chi connectivity index (χ1) is 11.0. The fraction of sp³-hybridized carbons (Fsp3) is 0. The third-order valence-electron chi connectivity index (χ3n) is 3.28. The van der Waals surface area contributed by atoms with Gasteiger partial charge in [-0.3, -0.25) is 9.59 Å². The number of para-hydroxylation sites is 1. The van der Waals surface area contributed by atoms with Crippen molar-refractivity contribution in [3.05, 3.63) is 75.8 Å². The van der Waals surface area contributed by atoms with Gasteiger partial charge in [-0.05, 0) is 18.2 Å². The van der Waals surface area contributed by atoms with Crippen molar-refractivity contribution in [3.63, 3.8) is 0 Å². The first-order valence-electron chi connectivity index (χ1n) is 6.54. The molecule has 2 N–H and O–H groups in total. The lowest BCUT2D eigenvalue weighted by Crippen LogP contribution is -2.18. The average Bonchev–Trinajstić information content (AvgIpc) is 2.54. The molecule has 2 aromatic carbocycles. The molecule has 0 aliphatic rings. The number of nitrogens with one attached hydrogen (secondary N) is 2. The van der Waals surface area contributed by atoms with Crippen molar-refractivity contribution in [1.29, 1.82) is 0 Å². The number of halogens is 3. The van der Waals surface area contributed by atoms with E-state index in [-0.39, 0.29) is 5.56 Å². The summed E-state index contributed by atoms with van der Waals surface area (Å²) in [5.41, 5.74) is -0.609. The van der Waals surface area contributed by atoms with Crippen LogP contribution in [0.5, 0.6) is 0 Å². The van der Waals surface area contributed by atoms with Crippen molar-refractivity contribution in [3.8, 4) is 0 Å². The lowest BCUT2D eigenvalue weighted by atomic mass is 10.1. The largest absolute Gasteiger partial charge is 0.322 e. The van der Waals surface area contributed by atoms with E-state index in [1.165, 1.54) is 0 Å². The van der Waals surface area contributed by atoms with Crippen LogP contribution in [0.2, 0.25) is 0 Å². The van der Waals surface area contributed by atoms with Gasteiger partial charge in [0.1, 0.15) is 0 Å². The first kappa shape index (κ1) is 14.8. The summed E-state index contributed by atoms with van der Waals surface area (Å²) in [5.74, 6) is -5.36. The maximum Gasteiger partial charge on any atom is 0.256 e. The van der Waals surface area contributed by atoms with Gasteiger partial charge >= 0.3 is 0 Å². The summed E-state index contributed by atoms with van der Waals surface area (Å²) in [6, 6.07) is 9.19. The van der Waals surface area contributed by atoms with Gasteiger partial charge in [0.25, 0.3) is 5.91 Å². The number of aromatic amines is 1. The Balaban J connectivity index is 2.05. The van der Waals surface area contributed by atoms with Gasteiger partial charge in [0.15, 0.2) is 17.5 Å². The Kier molecular flexibility index (Phi) is 3.61. The monoisotopic (exact) mass is 318 g/mol. The lowest BCUT2D eigenvalue weighted by Gasteiger charge is -2.09. The van der Waals surface area contributed by atoms with Crippen LogP contribution < -0.4 is 10.9 Å². The maximum absolute atomic E-state index is 13.6. The molecule has 1 aromatic heterocycles. The highest BCUT2D eigenvalue weighted by Gasteiger charge is 2.17. The number of hydrogen-bond donors (Lipinski definition) is 2. The topological polar surface area (TPSA) is 62.0 Å². The van der Waals surface area contributed by atoms with Gasteiger partial charge in [-0.2, -0.15) is 0 Å². The Labute approximate surface area is 127 Å². The molecule has 3 rings (SSSR count). The predicted molar refractivity (Wildman–Crippen MR) is 78.8 cm³/mol. The van der Waals surface area contributed by atoms with Crippen molar-refractivity contribution >= 4 is 22.5 Å². The highest BCUT2D eigenvalue weighted by molar-refractivity contribution is 6.12. The zero-order chi connectivity index (χ0) is 16.6. The number of anilines is 1. The number of hydrogen-bond acceptors (Lipinski definition) is 2. The summed E-state index contributed by atoms with van der Waals surface area (Å²) in [5, 5.41) is 2.58. The summed E-state index contributed by atoms with van der Waals surface area (Å²) < 4.78 is 39.7. The summed E-state index contributed by atoms with van der Waals surface area (Å²) in [4.78, 5) is 26.4. The van der Waals surface area contributed by atoms with Gasteiger partial charge in [-0.15, -0.1) is 0 Å². The van der Waals surface area contributed by atoms with Crippen molar-refractivity contribution in [1.82, 2.24) is 4.98 Å². The fourth-order valence-electron chi connectivity index (χ4n) is 2.20. The molecule has 0 fully saturated rings. The molecule has 0 aliphatic heterocycles. The molecule has 23 heavy (non-hydrogen) atoms. The number of rotatable bonds is 2. The fourth-order valence-corrected chi connectivity index (χ4v) is 2.20. The van der Waals surface area contributed by atoms with Crippen LogP contribution in [0.4, 0.5) is 18.9 Å². The van der Waals surface area contributed by atoms with Crippen LogP contribution >= 0.6 is 0 Å². The molecule has 3 aromatic rings. The molecule has 0 radical (unpaired) electrons. The second-order valence-corrected chi connectivity index (χ2v) is 4.77. The Morgan fingerprint density at radius 1 is 1.00 bits per heavy atom. The molecule has 0 atom stereocenters. The number of carbonyl (C=O) groups excluding carboxylic acids is 1. The third-order valence-corrected chi connectivity index (χ3v) is 3.28. The molecule has 0 saturated carbocycles. The van der Waals surface area contributed by atoms with Crippen LogP contribution in [-0.4, -0.2) is 10.9 Å². The van der Waals surface area contributed by atoms with E-state index in [1.807, 2.05) is 0 Å². The number of aromatic nitrogens is 1. The van der Waals surface area contributed by atoms with Crippen molar-refractivity contribution in [2.24, 2.45) is 0 Å². The van der Waals surface area contributed by atoms with Crippen molar-refractivity contribution < 1.29 is 18.0 Å². The minimum atomic E-state index is -1.68. The highest BCUT2D eigenvalue weighted by Crippen LogP contribution is 2.21. The van der Waals surface area contributed by atoms with E-state index in [0.717, 1.165) is 12.1 Å². The van der Waals surface area contributed by atoms with E-state index < -0.39 is 34.6 Å². The minimum Gasteiger partial charge on any atom is -0.322 e. The number of H-pyrrole nitrogens is 1. The Morgan fingerprint density at radius 3 is 2.52 bits per heavy atom. The van der Waals surface area contributed by atoms with Gasteiger partial charge in [0.2, 0.25) is 5.56 Å². The van der Waals surface area contributed by atoms with Gasteiger partial charge < -0.3 is 10.3 Å². The maximum atomic E-state index is 13.6. The number of pyridine rings is 1. The molecule has 0 saturated heterocycles. The van der Waals surface area contributed by atoms with Crippen LogP contribution in [0.3, 0.4) is 0 Å². The number of benzene rings is 2. The molecule has 4 nitrogen and oxygen atoms in total. The van der Waals surface area contributed by atoms with Gasteiger partial charge in [0.05, 0.1) is 11.3 Å². The van der Waals surface area contributed by atoms with Crippen LogP contribution in [0.25, 0.3) is 10.9 Å². The summed E-state index contributed by atoms with van der Waals surface area (Å²) >= 11 is 0. The molecule has 7 heteroatoms. The molecule has 116 valence electrons. The van der Waals surface area contributed by atoms with Gasteiger partial charge in [-0.1, -0.05) is 18.2 Å². The van der Waals surface area contributed by atoms with E-state index in [9.17, 15) is 22.8 Å². The first-order valence-corrected chi connectivity index (χ1v) is 6.54. The molecular formula is C16H9F3N2O2. The van der Waals surface area contributed by atoms with E-state index >= 15 is 0 Å².